The first-order valence-electron chi connectivity index (χ1n) is 8.93. The smallest absolute Gasteiger partial charge is 0.246 e. The zero-order valence-electron chi connectivity index (χ0n) is 16.0. The lowest BCUT2D eigenvalue weighted by atomic mass is 10.1. The number of halogens is 1. The fourth-order valence-electron chi connectivity index (χ4n) is 3.33. The van der Waals surface area contributed by atoms with E-state index in [2.05, 4.69) is 15.1 Å². The number of likely N-dealkylation sites (N-methyl/N-ethyl adjacent to an activating group) is 1. The summed E-state index contributed by atoms with van der Waals surface area (Å²) >= 11 is 0. The van der Waals surface area contributed by atoms with E-state index in [1.165, 1.54) is 27.7 Å². The quantitative estimate of drug-likeness (QED) is 0.766. The Morgan fingerprint density at radius 3 is 2.70 bits per heavy atom. The van der Waals surface area contributed by atoms with Crippen molar-refractivity contribution in [2.45, 2.75) is 43.5 Å². The minimum atomic E-state index is -3.62. The molecule has 2 aromatic heterocycles. The number of anilines is 1. The standard InChI is InChI=1S/C17H25FN6O2S/c1-12(2)16-15(18)17(20-11-19-16)23(4)13-6-5-7-24(9-13)27(25,26)14-8-21-22(3)10-14/h8,10-13H,5-7,9H2,1-4H3. The second kappa shape index (κ2) is 7.51. The lowest BCUT2D eigenvalue weighted by Crippen LogP contribution is -2.49. The van der Waals surface area contributed by atoms with E-state index in [9.17, 15) is 12.8 Å². The number of aromatic nitrogens is 4. The van der Waals surface area contributed by atoms with E-state index in [1.807, 2.05) is 13.8 Å². The highest BCUT2D eigenvalue weighted by atomic mass is 32.2. The van der Waals surface area contributed by atoms with Crippen molar-refractivity contribution < 1.29 is 12.8 Å². The Morgan fingerprint density at radius 1 is 1.33 bits per heavy atom. The van der Waals surface area contributed by atoms with Crippen LogP contribution in [0, 0.1) is 5.82 Å². The summed E-state index contributed by atoms with van der Waals surface area (Å²) in [6, 6.07) is -0.172. The molecule has 3 heterocycles. The van der Waals surface area contributed by atoms with E-state index < -0.39 is 15.8 Å². The van der Waals surface area contributed by atoms with E-state index in [-0.39, 0.29) is 29.2 Å². The average molecular weight is 396 g/mol. The molecule has 1 aliphatic rings. The van der Waals surface area contributed by atoms with Gasteiger partial charge in [0.25, 0.3) is 0 Å². The van der Waals surface area contributed by atoms with Gasteiger partial charge < -0.3 is 4.90 Å². The van der Waals surface area contributed by atoms with Gasteiger partial charge in [0, 0.05) is 39.4 Å². The Balaban J connectivity index is 1.83. The van der Waals surface area contributed by atoms with Crippen molar-refractivity contribution in [2.24, 2.45) is 7.05 Å². The molecule has 8 nitrogen and oxygen atoms in total. The maximum Gasteiger partial charge on any atom is 0.246 e. The molecule has 0 aliphatic carbocycles. The molecule has 27 heavy (non-hydrogen) atoms. The molecule has 0 spiro atoms. The average Bonchev–Trinajstić information content (AvgIpc) is 3.08. The van der Waals surface area contributed by atoms with Gasteiger partial charge in [0.05, 0.1) is 11.9 Å². The Hall–Kier alpha value is -2.07. The van der Waals surface area contributed by atoms with Crippen LogP contribution in [0.25, 0.3) is 0 Å². The summed E-state index contributed by atoms with van der Waals surface area (Å²) in [7, 11) is -0.198. The van der Waals surface area contributed by atoms with Crippen LogP contribution in [-0.4, -0.2) is 58.7 Å². The van der Waals surface area contributed by atoms with Crippen LogP contribution in [0.1, 0.15) is 38.3 Å². The first kappa shape index (κ1) is 19.7. The van der Waals surface area contributed by atoms with Crippen LogP contribution in [0.2, 0.25) is 0 Å². The molecule has 3 rings (SSSR count). The number of hydrogen-bond acceptors (Lipinski definition) is 6. The summed E-state index contributed by atoms with van der Waals surface area (Å²) in [4.78, 5) is 10.0. The summed E-state index contributed by atoms with van der Waals surface area (Å²) < 4.78 is 43.5. The predicted octanol–water partition coefficient (Wildman–Crippen LogP) is 1.76. The van der Waals surface area contributed by atoms with Gasteiger partial charge in [0.15, 0.2) is 11.6 Å². The van der Waals surface area contributed by atoms with Gasteiger partial charge in [-0.25, -0.2) is 22.8 Å². The third-order valence-corrected chi connectivity index (χ3v) is 6.72. The largest absolute Gasteiger partial charge is 0.353 e. The van der Waals surface area contributed by atoms with Gasteiger partial charge in [-0.2, -0.15) is 9.40 Å². The molecule has 0 radical (unpaired) electrons. The van der Waals surface area contributed by atoms with Crippen molar-refractivity contribution in [3.05, 3.63) is 30.2 Å². The highest BCUT2D eigenvalue weighted by molar-refractivity contribution is 7.89. The summed E-state index contributed by atoms with van der Waals surface area (Å²) in [6.45, 7) is 4.45. The van der Waals surface area contributed by atoms with Gasteiger partial charge in [-0.3, -0.25) is 4.68 Å². The summed E-state index contributed by atoms with van der Waals surface area (Å²) in [5, 5.41) is 3.95. The Labute approximate surface area is 159 Å². The SMILES string of the molecule is CC(C)c1ncnc(N(C)C2CCCN(S(=O)(=O)c3cnn(C)c3)C2)c1F. The summed E-state index contributed by atoms with van der Waals surface area (Å²) in [6.07, 6.45) is 5.65. The maximum atomic E-state index is 14.8. The number of hydrogen-bond donors (Lipinski definition) is 0. The van der Waals surface area contributed by atoms with Crippen LogP contribution < -0.4 is 4.90 Å². The normalized spacial score (nSPS) is 18.8. The van der Waals surface area contributed by atoms with Crippen molar-refractivity contribution in [2.75, 3.05) is 25.0 Å². The fraction of sp³-hybridized carbons (Fsp3) is 0.588. The molecule has 0 N–H and O–H groups in total. The second-order valence-corrected chi connectivity index (χ2v) is 9.11. The monoisotopic (exact) mass is 396 g/mol. The van der Waals surface area contributed by atoms with E-state index in [0.717, 1.165) is 6.42 Å². The minimum absolute atomic E-state index is 0.0611. The van der Waals surface area contributed by atoms with E-state index in [4.69, 9.17) is 0 Å². The minimum Gasteiger partial charge on any atom is -0.353 e. The lowest BCUT2D eigenvalue weighted by Gasteiger charge is -2.37. The number of aryl methyl sites for hydroxylation is 1. The first-order valence-corrected chi connectivity index (χ1v) is 10.4. The van der Waals surface area contributed by atoms with Gasteiger partial charge >= 0.3 is 0 Å². The van der Waals surface area contributed by atoms with Gasteiger partial charge in [-0.05, 0) is 18.8 Å². The highest BCUT2D eigenvalue weighted by Crippen LogP contribution is 2.28. The van der Waals surface area contributed by atoms with Crippen LogP contribution in [0.4, 0.5) is 10.2 Å². The molecule has 0 bridgehead atoms. The summed E-state index contributed by atoms with van der Waals surface area (Å²) in [5.74, 6) is -0.296. The van der Waals surface area contributed by atoms with Crippen LogP contribution in [0.15, 0.2) is 23.6 Å². The van der Waals surface area contributed by atoms with E-state index >= 15 is 0 Å². The maximum absolute atomic E-state index is 14.8. The van der Waals surface area contributed by atoms with Crippen molar-refractivity contribution in [3.8, 4) is 0 Å². The molecule has 148 valence electrons. The van der Waals surface area contributed by atoms with Crippen molar-refractivity contribution in [1.29, 1.82) is 0 Å². The molecule has 10 heteroatoms. The molecule has 0 amide bonds. The Morgan fingerprint density at radius 2 is 2.07 bits per heavy atom. The molecule has 1 atom stereocenters. The number of piperidine rings is 1. The molecule has 0 aromatic carbocycles. The molecule has 2 aromatic rings. The third kappa shape index (κ3) is 3.81. The van der Waals surface area contributed by atoms with Crippen LogP contribution in [0.3, 0.4) is 0 Å². The number of sulfonamides is 1. The van der Waals surface area contributed by atoms with Crippen molar-refractivity contribution >= 4 is 15.8 Å². The van der Waals surface area contributed by atoms with Gasteiger partial charge in [-0.15, -0.1) is 0 Å². The highest BCUT2D eigenvalue weighted by Gasteiger charge is 2.34. The molecule has 0 saturated carbocycles. The molecule has 1 fully saturated rings. The van der Waals surface area contributed by atoms with Crippen LogP contribution >= 0.6 is 0 Å². The van der Waals surface area contributed by atoms with Crippen molar-refractivity contribution in [3.63, 3.8) is 0 Å². The first-order chi connectivity index (χ1) is 12.7. The Bertz CT molecular complexity index is 914. The molecule has 1 unspecified atom stereocenters. The van der Waals surface area contributed by atoms with Gasteiger partial charge in [-0.1, -0.05) is 13.8 Å². The van der Waals surface area contributed by atoms with E-state index in [0.29, 0.717) is 18.7 Å². The third-order valence-electron chi connectivity index (χ3n) is 4.90. The molecule has 1 aliphatic heterocycles. The molecular weight excluding hydrogens is 371 g/mol. The second-order valence-electron chi connectivity index (χ2n) is 7.17. The van der Waals surface area contributed by atoms with Crippen LogP contribution in [-0.2, 0) is 17.1 Å². The lowest BCUT2D eigenvalue weighted by molar-refractivity contribution is 0.308. The number of nitrogens with zero attached hydrogens (tertiary/aromatic N) is 6. The zero-order valence-corrected chi connectivity index (χ0v) is 16.8. The molecular formula is C17H25FN6O2S. The topological polar surface area (TPSA) is 84.2 Å². The van der Waals surface area contributed by atoms with Gasteiger partial charge in [0.1, 0.15) is 11.2 Å². The molecule has 1 saturated heterocycles. The zero-order chi connectivity index (χ0) is 19.8. The fourth-order valence-corrected chi connectivity index (χ4v) is 4.83. The summed E-state index contributed by atoms with van der Waals surface area (Å²) in [5.41, 5.74) is 0.363. The van der Waals surface area contributed by atoms with Crippen molar-refractivity contribution in [1.82, 2.24) is 24.1 Å². The van der Waals surface area contributed by atoms with E-state index in [1.54, 1.807) is 19.0 Å². The predicted molar refractivity (Wildman–Crippen MR) is 99.5 cm³/mol. The Kier molecular flexibility index (Phi) is 5.48. The van der Waals surface area contributed by atoms with Gasteiger partial charge in [0.2, 0.25) is 10.0 Å². The van der Waals surface area contributed by atoms with Crippen LogP contribution in [0.5, 0.6) is 0 Å². The number of rotatable bonds is 5.